The van der Waals surface area contributed by atoms with Gasteiger partial charge >= 0.3 is 0 Å². The molecule has 0 spiro atoms. The molecule has 6 heteroatoms. The molecule has 1 fully saturated rings. The van der Waals surface area contributed by atoms with E-state index in [1.165, 1.54) is 12.1 Å². The van der Waals surface area contributed by atoms with E-state index in [9.17, 15) is 9.18 Å². The second-order valence-corrected chi connectivity index (χ2v) is 7.50. The number of anilines is 1. The zero-order valence-electron chi connectivity index (χ0n) is 14.8. The van der Waals surface area contributed by atoms with Crippen molar-refractivity contribution in [3.05, 3.63) is 64.4 Å². The van der Waals surface area contributed by atoms with Gasteiger partial charge < -0.3 is 10.2 Å². The Kier molecular flexibility index (Phi) is 6.27. The van der Waals surface area contributed by atoms with Gasteiger partial charge in [0.15, 0.2) is 0 Å². The van der Waals surface area contributed by atoms with Gasteiger partial charge in [-0.25, -0.2) is 4.39 Å². The number of nitrogens with zero attached hydrogens (tertiary/aromatic N) is 2. The molecule has 2 aromatic carbocycles. The summed E-state index contributed by atoms with van der Waals surface area (Å²) in [5, 5.41) is 3.06. The monoisotopic (exact) mass is 419 g/mol. The average Bonchev–Trinajstić information content (AvgIpc) is 2.63. The van der Waals surface area contributed by atoms with Crippen LogP contribution in [0.1, 0.15) is 18.5 Å². The summed E-state index contributed by atoms with van der Waals surface area (Å²) in [7, 11) is 0. The largest absolute Gasteiger partial charge is 0.369 e. The first-order valence-corrected chi connectivity index (χ1v) is 9.58. The van der Waals surface area contributed by atoms with Crippen LogP contribution in [-0.2, 0) is 4.79 Å². The number of amides is 1. The number of piperazine rings is 1. The second-order valence-electron chi connectivity index (χ2n) is 6.58. The molecular formula is C20H23BrFN3O. The maximum atomic E-state index is 13.0. The number of nitrogens with one attached hydrogen (secondary N) is 1. The van der Waals surface area contributed by atoms with Gasteiger partial charge in [0.05, 0.1) is 12.6 Å². The Bertz CT molecular complexity index is 728. The summed E-state index contributed by atoms with van der Waals surface area (Å²) < 4.78 is 14.1. The van der Waals surface area contributed by atoms with E-state index in [0.717, 1.165) is 41.9 Å². The number of carbonyl (C=O) groups excluding carboxylic acids is 1. The third-order valence-corrected chi connectivity index (χ3v) is 5.21. The van der Waals surface area contributed by atoms with E-state index < -0.39 is 0 Å². The Morgan fingerprint density at radius 1 is 1.08 bits per heavy atom. The van der Waals surface area contributed by atoms with Crippen molar-refractivity contribution in [2.45, 2.75) is 13.0 Å². The van der Waals surface area contributed by atoms with Crippen LogP contribution in [0.2, 0.25) is 0 Å². The fraction of sp³-hybridized carbons (Fsp3) is 0.350. The first-order chi connectivity index (χ1) is 12.5. The van der Waals surface area contributed by atoms with Gasteiger partial charge in [0, 0.05) is 36.3 Å². The molecule has 0 radical (unpaired) electrons. The molecule has 0 bridgehead atoms. The smallest absolute Gasteiger partial charge is 0.234 e. The molecular weight excluding hydrogens is 397 g/mol. The maximum Gasteiger partial charge on any atom is 0.234 e. The van der Waals surface area contributed by atoms with Gasteiger partial charge in [-0.05, 0) is 48.9 Å². The lowest BCUT2D eigenvalue weighted by molar-refractivity contribution is -0.123. The normalized spacial score (nSPS) is 16.3. The van der Waals surface area contributed by atoms with Crippen molar-refractivity contribution in [2.24, 2.45) is 0 Å². The van der Waals surface area contributed by atoms with Crippen LogP contribution in [0.4, 0.5) is 10.1 Å². The quantitative estimate of drug-likeness (QED) is 0.803. The Morgan fingerprint density at radius 3 is 2.31 bits per heavy atom. The second kappa shape index (κ2) is 8.64. The zero-order chi connectivity index (χ0) is 18.5. The number of benzene rings is 2. The molecule has 4 nitrogen and oxygen atoms in total. The first kappa shape index (κ1) is 18.9. The van der Waals surface area contributed by atoms with Gasteiger partial charge in [-0.15, -0.1) is 0 Å². The lowest BCUT2D eigenvalue weighted by Gasteiger charge is -2.35. The van der Waals surface area contributed by atoms with Crippen molar-refractivity contribution < 1.29 is 9.18 Å². The lowest BCUT2D eigenvalue weighted by Crippen LogP contribution is -2.49. The molecule has 1 aliphatic heterocycles. The third kappa shape index (κ3) is 5.05. The van der Waals surface area contributed by atoms with Crippen LogP contribution in [0.15, 0.2) is 53.0 Å². The molecule has 1 atom stereocenters. The van der Waals surface area contributed by atoms with Gasteiger partial charge in [0.1, 0.15) is 5.82 Å². The molecule has 1 aliphatic rings. The van der Waals surface area contributed by atoms with E-state index in [1.54, 1.807) is 12.1 Å². The minimum Gasteiger partial charge on any atom is -0.369 e. The molecule has 3 rings (SSSR count). The van der Waals surface area contributed by atoms with Crippen molar-refractivity contribution in [1.82, 2.24) is 10.2 Å². The summed E-state index contributed by atoms with van der Waals surface area (Å²) in [6.45, 7) is 5.70. The highest BCUT2D eigenvalue weighted by Crippen LogP contribution is 2.18. The number of hydrogen-bond donors (Lipinski definition) is 1. The van der Waals surface area contributed by atoms with Crippen molar-refractivity contribution in [2.75, 3.05) is 37.6 Å². The summed E-state index contributed by atoms with van der Waals surface area (Å²) in [5.74, 6) is -0.181. The molecule has 0 aliphatic carbocycles. The average molecular weight is 420 g/mol. The number of hydrogen-bond acceptors (Lipinski definition) is 3. The Hall–Kier alpha value is -1.92. The van der Waals surface area contributed by atoms with Crippen LogP contribution in [0.3, 0.4) is 0 Å². The van der Waals surface area contributed by atoms with E-state index >= 15 is 0 Å². The summed E-state index contributed by atoms with van der Waals surface area (Å²) in [4.78, 5) is 16.7. The molecule has 1 N–H and O–H groups in total. The lowest BCUT2D eigenvalue weighted by atomic mass is 10.1. The Balaban J connectivity index is 1.45. The van der Waals surface area contributed by atoms with E-state index in [1.807, 2.05) is 31.2 Å². The molecule has 0 aromatic heterocycles. The summed E-state index contributed by atoms with van der Waals surface area (Å²) in [6, 6.07) is 14.5. The van der Waals surface area contributed by atoms with Gasteiger partial charge in [-0.2, -0.15) is 0 Å². The van der Waals surface area contributed by atoms with Crippen LogP contribution < -0.4 is 10.2 Å². The summed E-state index contributed by atoms with van der Waals surface area (Å²) in [6.07, 6.45) is 0. The maximum absolute atomic E-state index is 13.0. The third-order valence-electron chi connectivity index (χ3n) is 4.68. The Morgan fingerprint density at radius 2 is 1.69 bits per heavy atom. The Labute approximate surface area is 162 Å². The highest BCUT2D eigenvalue weighted by atomic mass is 79.9. The van der Waals surface area contributed by atoms with Gasteiger partial charge in [-0.3, -0.25) is 9.69 Å². The fourth-order valence-electron chi connectivity index (χ4n) is 3.14. The predicted octanol–water partition coefficient (Wildman–Crippen LogP) is 3.59. The van der Waals surface area contributed by atoms with Crippen molar-refractivity contribution >= 4 is 27.5 Å². The summed E-state index contributed by atoms with van der Waals surface area (Å²) >= 11 is 3.42. The standard InChI is InChI=1S/C20H23BrFN3O/c1-15(16-2-4-17(21)5-3-16)23-20(26)14-24-10-12-25(13-11-24)19-8-6-18(22)7-9-19/h2-9,15H,10-14H2,1H3,(H,23,26)/t15-/m1/s1. The summed E-state index contributed by atoms with van der Waals surface area (Å²) in [5.41, 5.74) is 2.11. The molecule has 0 saturated carbocycles. The molecule has 1 heterocycles. The minimum atomic E-state index is -0.219. The predicted molar refractivity (Wildman–Crippen MR) is 106 cm³/mol. The van der Waals surface area contributed by atoms with Crippen LogP contribution in [0, 0.1) is 5.82 Å². The number of carbonyl (C=O) groups is 1. The highest BCUT2D eigenvalue weighted by Gasteiger charge is 2.20. The number of halogens is 2. The van der Waals surface area contributed by atoms with E-state index in [2.05, 4.69) is 31.0 Å². The van der Waals surface area contributed by atoms with Crippen molar-refractivity contribution in [3.63, 3.8) is 0 Å². The van der Waals surface area contributed by atoms with Gasteiger partial charge in [0.2, 0.25) is 5.91 Å². The topological polar surface area (TPSA) is 35.6 Å². The van der Waals surface area contributed by atoms with Crippen molar-refractivity contribution in [3.8, 4) is 0 Å². The van der Waals surface area contributed by atoms with Crippen LogP contribution in [0.25, 0.3) is 0 Å². The number of rotatable bonds is 5. The van der Waals surface area contributed by atoms with Crippen LogP contribution >= 0.6 is 15.9 Å². The zero-order valence-corrected chi connectivity index (χ0v) is 16.4. The molecule has 2 aromatic rings. The molecule has 0 unspecified atom stereocenters. The molecule has 1 amide bonds. The van der Waals surface area contributed by atoms with Gasteiger partial charge in [0.25, 0.3) is 0 Å². The molecule has 26 heavy (non-hydrogen) atoms. The molecule has 1 saturated heterocycles. The fourth-order valence-corrected chi connectivity index (χ4v) is 3.41. The van der Waals surface area contributed by atoms with E-state index in [4.69, 9.17) is 0 Å². The first-order valence-electron chi connectivity index (χ1n) is 8.79. The van der Waals surface area contributed by atoms with E-state index in [0.29, 0.717) is 6.54 Å². The molecule has 138 valence electrons. The SMILES string of the molecule is C[C@@H](NC(=O)CN1CCN(c2ccc(F)cc2)CC1)c1ccc(Br)cc1. The van der Waals surface area contributed by atoms with Gasteiger partial charge in [-0.1, -0.05) is 28.1 Å². The highest BCUT2D eigenvalue weighted by molar-refractivity contribution is 9.10. The van der Waals surface area contributed by atoms with E-state index in [-0.39, 0.29) is 17.8 Å². The van der Waals surface area contributed by atoms with Crippen LogP contribution in [-0.4, -0.2) is 43.5 Å². The van der Waals surface area contributed by atoms with Crippen molar-refractivity contribution in [1.29, 1.82) is 0 Å². The minimum absolute atomic E-state index is 0.0175. The van der Waals surface area contributed by atoms with Crippen LogP contribution in [0.5, 0.6) is 0 Å².